The van der Waals surface area contributed by atoms with Crippen molar-refractivity contribution in [2.24, 2.45) is 0 Å². The lowest BCUT2D eigenvalue weighted by Crippen LogP contribution is -2.00. The molecule has 0 fully saturated rings. The Labute approximate surface area is 91.3 Å². The summed E-state index contributed by atoms with van der Waals surface area (Å²) in [6.07, 6.45) is 0.404. The maximum Gasteiger partial charge on any atom is 0.343 e. The Balaban J connectivity index is 2.69. The van der Waals surface area contributed by atoms with Crippen LogP contribution in [0.15, 0.2) is 36.4 Å². The van der Waals surface area contributed by atoms with Gasteiger partial charge in [0.15, 0.2) is 12.1 Å². The molecule has 84 valence electrons. The summed E-state index contributed by atoms with van der Waals surface area (Å²) in [7, 11) is 1.50. The highest BCUT2D eigenvalue weighted by molar-refractivity contribution is 5.90. The Morgan fingerprint density at radius 3 is 2.44 bits per heavy atom. The van der Waals surface area contributed by atoms with Gasteiger partial charge in [-0.2, -0.15) is 4.39 Å². The van der Waals surface area contributed by atoms with E-state index in [9.17, 15) is 14.0 Å². The second-order valence-corrected chi connectivity index (χ2v) is 2.75. The number of hydrogen-bond acceptors (Lipinski definition) is 4. The van der Waals surface area contributed by atoms with E-state index in [1.165, 1.54) is 19.2 Å². The topological polar surface area (TPSA) is 52.6 Å². The predicted molar refractivity (Wildman–Crippen MR) is 53.7 cm³/mol. The molecule has 0 aliphatic heterocycles. The quantitative estimate of drug-likeness (QED) is 0.339. The summed E-state index contributed by atoms with van der Waals surface area (Å²) < 4.78 is 21.6. The Morgan fingerprint density at radius 1 is 1.31 bits per heavy atom. The molecule has 0 spiro atoms. The van der Waals surface area contributed by atoms with Crippen molar-refractivity contribution in [2.45, 2.75) is 0 Å². The number of allylic oxidation sites excluding steroid dienone is 1. The first-order chi connectivity index (χ1) is 7.67. The minimum atomic E-state index is -1.15. The van der Waals surface area contributed by atoms with Crippen molar-refractivity contribution >= 4 is 12.3 Å². The van der Waals surface area contributed by atoms with E-state index in [1.54, 1.807) is 12.1 Å². The van der Waals surface area contributed by atoms with Crippen molar-refractivity contribution in [2.75, 3.05) is 7.11 Å². The van der Waals surface area contributed by atoms with Crippen molar-refractivity contribution < 1.29 is 23.5 Å². The van der Waals surface area contributed by atoms with Gasteiger partial charge in [-0.3, -0.25) is 4.79 Å². The zero-order valence-electron chi connectivity index (χ0n) is 8.48. The van der Waals surface area contributed by atoms with Crippen molar-refractivity contribution in [3.8, 4) is 5.75 Å². The molecule has 5 heteroatoms. The van der Waals surface area contributed by atoms with E-state index in [1.807, 2.05) is 0 Å². The molecule has 0 heterocycles. The van der Waals surface area contributed by atoms with Crippen LogP contribution in [0.3, 0.4) is 0 Å². The molecule has 4 nitrogen and oxygen atoms in total. The number of carbonyl (C=O) groups is 2. The van der Waals surface area contributed by atoms with Crippen LogP contribution >= 0.6 is 0 Å². The summed E-state index contributed by atoms with van der Waals surface area (Å²) in [6.45, 7) is 0. The molecule has 0 N–H and O–H groups in total. The van der Waals surface area contributed by atoms with Crippen LogP contribution < -0.4 is 4.74 Å². The maximum atomic E-state index is 12.3. The Morgan fingerprint density at radius 2 is 1.94 bits per heavy atom. The van der Waals surface area contributed by atoms with Gasteiger partial charge in [-0.1, -0.05) is 0 Å². The molecule has 1 aromatic carbocycles. The van der Waals surface area contributed by atoms with E-state index in [0.29, 0.717) is 12.0 Å². The molecule has 0 atom stereocenters. The highest BCUT2D eigenvalue weighted by atomic mass is 19.1. The zero-order valence-corrected chi connectivity index (χ0v) is 8.48. The first-order valence-corrected chi connectivity index (χ1v) is 4.33. The van der Waals surface area contributed by atoms with Crippen LogP contribution in [0.4, 0.5) is 4.39 Å². The van der Waals surface area contributed by atoms with Gasteiger partial charge in [-0.25, -0.2) is 4.79 Å². The van der Waals surface area contributed by atoms with E-state index in [2.05, 4.69) is 4.74 Å². The fourth-order valence-corrected chi connectivity index (χ4v) is 0.933. The van der Waals surface area contributed by atoms with Crippen LogP contribution in [0.25, 0.3) is 0 Å². The molecule has 0 bridgehead atoms. The molecule has 0 aliphatic rings. The van der Waals surface area contributed by atoms with Gasteiger partial charge in [-0.05, 0) is 24.3 Å². The number of hydrogen-bond donors (Lipinski definition) is 0. The van der Waals surface area contributed by atoms with Crippen molar-refractivity contribution in [1.82, 2.24) is 0 Å². The normalized spacial score (nSPS) is 10.8. The Hall–Kier alpha value is -2.17. The van der Waals surface area contributed by atoms with Crippen LogP contribution in [0.5, 0.6) is 5.75 Å². The lowest BCUT2D eigenvalue weighted by molar-refractivity contribution is -0.106. The summed E-state index contributed by atoms with van der Waals surface area (Å²) in [5.41, 5.74) is 0.232. The molecule has 1 aromatic rings. The summed E-state index contributed by atoms with van der Waals surface area (Å²) in [4.78, 5) is 21.2. The van der Waals surface area contributed by atoms with Crippen LogP contribution in [0, 0.1) is 0 Å². The third-order valence-electron chi connectivity index (χ3n) is 1.72. The van der Waals surface area contributed by atoms with Gasteiger partial charge in [0.25, 0.3) is 0 Å². The smallest absolute Gasteiger partial charge is 0.343 e. The average molecular weight is 224 g/mol. The minimum Gasteiger partial charge on any atom is -0.497 e. The Bertz CT molecular complexity index is 408. The van der Waals surface area contributed by atoms with E-state index in [4.69, 9.17) is 4.74 Å². The first kappa shape index (κ1) is 11.9. The standard InChI is InChI=1S/C11H9FO4/c1-15-10-4-2-8(3-5-10)11(14)16-7-9(12)6-13/h2-7H,1H3/b9-7-. The van der Waals surface area contributed by atoms with Gasteiger partial charge in [0.05, 0.1) is 12.7 Å². The number of halogens is 1. The molecular weight excluding hydrogens is 215 g/mol. The van der Waals surface area contributed by atoms with Gasteiger partial charge in [0, 0.05) is 0 Å². The second-order valence-electron chi connectivity index (χ2n) is 2.75. The molecule has 0 aromatic heterocycles. The Kier molecular flexibility index (Phi) is 4.20. The number of carbonyl (C=O) groups excluding carboxylic acids is 2. The monoisotopic (exact) mass is 224 g/mol. The number of esters is 1. The number of methoxy groups -OCH3 is 1. The van der Waals surface area contributed by atoms with Crippen molar-refractivity contribution in [3.63, 3.8) is 0 Å². The number of ether oxygens (including phenoxy) is 2. The van der Waals surface area contributed by atoms with Crippen molar-refractivity contribution in [1.29, 1.82) is 0 Å². The lowest BCUT2D eigenvalue weighted by atomic mass is 10.2. The molecule has 1 rings (SSSR count). The maximum absolute atomic E-state index is 12.3. The van der Waals surface area contributed by atoms with E-state index >= 15 is 0 Å². The first-order valence-electron chi connectivity index (χ1n) is 4.33. The molecule has 0 radical (unpaired) electrons. The minimum absolute atomic E-state index is 0.0543. The van der Waals surface area contributed by atoms with Crippen LogP contribution in [0.2, 0.25) is 0 Å². The summed E-state index contributed by atoms with van der Waals surface area (Å²) in [5, 5.41) is 0. The fraction of sp³-hybridized carbons (Fsp3) is 0.0909. The number of rotatable bonds is 4. The largest absolute Gasteiger partial charge is 0.497 e. The van der Waals surface area contributed by atoms with Crippen LogP contribution in [-0.4, -0.2) is 19.4 Å². The zero-order chi connectivity index (χ0) is 12.0. The second kappa shape index (κ2) is 5.65. The van der Waals surface area contributed by atoms with Gasteiger partial charge in [-0.15, -0.1) is 0 Å². The van der Waals surface area contributed by atoms with E-state index in [0.717, 1.165) is 0 Å². The van der Waals surface area contributed by atoms with Gasteiger partial charge >= 0.3 is 5.97 Å². The van der Waals surface area contributed by atoms with Crippen LogP contribution in [0.1, 0.15) is 10.4 Å². The number of aldehydes is 1. The third-order valence-corrected chi connectivity index (χ3v) is 1.72. The van der Waals surface area contributed by atoms with E-state index in [-0.39, 0.29) is 11.8 Å². The average Bonchev–Trinajstić information content (AvgIpc) is 2.35. The summed E-state index contributed by atoms with van der Waals surface area (Å²) in [5.74, 6) is -1.31. The summed E-state index contributed by atoms with van der Waals surface area (Å²) >= 11 is 0. The van der Waals surface area contributed by atoms with Crippen LogP contribution in [-0.2, 0) is 9.53 Å². The molecule has 0 aliphatic carbocycles. The molecule has 0 saturated carbocycles. The van der Waals surface area contributed by atoms with Gasteiger partial charge < -0.3 is 9.47 Å². The summed E-state index contributed by atoms with van der Waals surface area (Å²) in [6, 6.07) is 6.06. The third kappa shape index (κ3) is 3.20. The molecule has 0 unspecified atom stereocenters. The fourth-order valence-electron chi connectivity index (χ4n) is 0.933. The molecule has 0 saturated heterocycles. The SMILES string of the molecule is COc1ccc(C(=O)O/C=C(\F)C=O)cc1. The number of benzene rings is 1. The molecule has 0 amide bonds. The van der Waals surface area contributed by atoms with Gasteiger partial charge in [0.1, 0.15) is 12.0 Å². The molecular formula is C11H9FO4. The predicted octanol–water partition coefficient (Wildman–Crippen LogP) is 1.86. The molecule has 16 heavy (non-hydrogen) atoms. The highest BCUT2D eigenvalue weighted by Gasteiger charge is 2.06. The van der Waals surface area contributed by atoms with E-state index < -0.39 is 11.8 Å². The lowest BCUT2D eigenvalue weighted by Gasteiger charge is -2.01. The van der Waals surface area contributed by atoms with Gasteiger partial charge in [0.2, 0.25) is 0 Å². The van der Waals surface area contributed by atoms with Crippen molar-refractivity contribution in [3.05, 3.63) is 41.9 Å². The highest BCUT2D eigenvalue weighted by Crippen LogP contribution is 2.12.